The van der Waals surface area contributed by atoms with Gasteiger partial charge in [0.25, 0.3) is 0 Å². The molecule has 0 aliphatic rings. The molecule has 0 amide bonds. The lowest BCUT2D eigenvalue weighted by molar-refractivity contribution is 0.474. The molecule has 0 aromatic heterocycles. The zero-order chi connectivity index (χ0) is 16.9. The Morgan fingerprint density at radius 1 is 0.917 bits per heavy atom. The highest BCUT2D eigenvalue weighted by atomic mass is 35.5. The molecule has 0 radical (unpaired) electrons. The molecular weight excluding hydrogens is 345 g/mol. The van der Waals surface area contributed by atoms with E-state index in [9.17, 15) is 5.11 Å². The number of phenolic OH excluding ortho intramolecular Hbond substituents is 1. The number of rotatable bonds is 4. The van der Waals surface area contributed by atoms with E-state index in [1.165, 1.54) is 12.3 Å². The van der Waals surface area contributed by atoms with Crippen molar-refractivity contribution in [1.29, 1.82) is 0 Å². The average molecular weight is 358 g/mol. The van der Waals surface area contributed by atoms with Crippen molar-refractivity contribution >= 4 is 35.1 Å². The maximum absolute atomic E-state index is 9.99. The first kappa shape index (κ1) is 16.4. The number of hydrogen-bond donors (Lipinski definition) is 1. The summed E-state index contributed by atoms with van der Waals surface area (Å²) in [6.45, 7) is 0. The second-order valence-electron chi connectivity index (χ2n) is 4.97. The lowest BCUT2D eigenvalue weighted by atomic mass is 10.2. The standard InChI is InChI=1S/C19H13Cl2NO2/c20-14-10-13(19(23)16(21)11-14)12-22-17-8-4-5-9-18(17)24-15-6-2-1-3-7-15/h1-12,23H. The zero-order valence-electron chi connectivity index (χ0n) is 12.5. The van der Waals surface area contributed by atoms with Gasteiger partial charge in [-0.15, -0.1) is 0 Å². The van der Waals surface area contributed by atoms with E-state index in [-0.39, 0.29) is 10.8 Å². The number of nitrogens with zero attached hydrogens (tertiary/aromatic N) is 1. The van der Waals surface area contributed by atoms with Gasteiger partial charge in [0.05, 0.1) is 5.02 Å². The van der Waals surface area contributed by atoms with Crippen LogP contribution in [0.2, 0.25) is 10.0 Å². The van der Waals surface area contributed by atoms with E-state index in [2.05, 4.69) is 4.99 Å². The number of halogens is 2. The number of phenols is 1. The number of aliphatic imine (C=N–C) groups is 1. The van der Waals surface area contributed by atoms with Gasteiger partial charge in [0.2, 0.25) is 0 Å². The number of hydrogen-bond acceptors (Lipinski definition) is 3. The predicted molar refractivity (Wildman–Crippen MR) is 98.3 cm³/mol. The summed E-state index contributed by atoms with van der Waals surface area (Å²) in [6, 6.07) is 19.9. The molecule has 0 aliphatic carbocycles. The molecule has 0 aliphatic heterocycles. The van der Waals surface area contributed by atoms with Gasteiger partial charge in [-0.25, -0.2) is 0 Å². The minimum atomic E-state index is -0.0636. The van der Waals surface area contributed by atoms with E-state index in [0.717, 1.165) is 0 Å². The SMILES string of the molecule is Oc1c(Cl)cc(Cl)cc1C=Nc1ccccc1Oc1ccccc1. The molecular formula is C19H13Cl2NO2. The van der Waals surface area contributed by atoms with E-state index in [4.69, 9.17) is 27.9 Å². The first-order chi connectivity index (χ1) is 11.6. The van der Waals surface area contributed by atoms with Crippen LogP contribution in [0.4, 0.5) is 5.69 Å². The van der Waals surface area contributed by atoms with Crippen molar-refractivity contribution in [3.05, 3.63) is 82.3 Å². The van der Waals surface area contributed by atoms with Gasteiger partial charge in [0.1, 0.15) is 17.2 Å². The van der Waals surface area contributed by atoms with E-state index >= 15 is 0 Å². The van der Waals surface area contributed by atoms with Crippen LogP contribution in [-0.2, 0) is 0 Å². The van der Waals surface area contributed by atoms with Crippen molar-refractivity contribution in [1.82, 2.24) is 0 Å². The molecule has 0 saturated carbocycles. The maximum atomic E-state index is 9.99. The number of para-hydroxylation sites is 3. The second kappa shape index (κ2) is 7.39. The molecule has 0 heterocycles. The fourth-order valence-corrected chi connectivity index (χ4v) is 2.60. The van der Waals surface area contributed by atoms with Crippen LogP contribution in [0.3, 0.4) is 0 Å². The van der Waals surface area contributed by atoms with Crippen LogP contribution in [-0.4, -0.2) is 11.3 Å². The van der Waals surface area contributed by atoms with Gasteiger partial charge in [-0.2, -0.15) is 0 Å². The number of ether oxygens (including phenoxy) is 1. The van der Waals surface area contributed by atoms with E-state index in [1.807, 2.05) is 54.6 Å². The summed E-state index contributed by atoms with van der Waals surface area (Å²) in [7, 11) is 0. The highest BCUT2D eigenvalue weighted by Gasteiger charge is 2.07. The monoisotopic (exact) mass is 357 g/mol. The minimum absolute atomic E-state index is 0.0636. The van der Waals surface area contributed by atoms with Crippen molar-refractivity contribution in [3.8, 4) is 17.2 Å². The Balaban J connectivity index is 1.91. The summed E-state index contributed by atoms with van der Waals surface area (Å²) in [5.74, 6) is 1.26. The van der Waals surface area contributed by atoms with Crippen LogP contribution in [0, 0.1) is 0 Å². The summed E-state index contributed by atoms with van der Waals surface area (Å²) >= 11 is 11.9. The Morgan fingerprint density at radius 3 is 2.42 bits per heavy atom. The summed E-state index contributed by atoms with van der Waals surface area (Å²) < 4.78 is 5.85. The largest absolute Gasteiger partial charge is 0.506 e. The van der Waals surface area contributed by atoms with Crippen LogP contribution in [0.25, 0.3) is 0 Å². The first-order valence-corrected chi connectivity index (χ1v) is 7.93. The summed E-state index contributed by atoms with van der Waals surface area (Å²) in [4.78, 5) is 4.39. The van der Waals surface area contributed by atoms with Gasteiger partial charge >= 0.3 is 0 Å². The Labute approximate surface area is 149 Å². The highest BCUT2D eigenvalue weighted by Crippen LogP contribution is 2.33. The molecule has 3 rings (SSSR count). The fourth-order valence-electron chi connectivity index (χ4n) is 2.09. The highest BCUT2D eigenvalue weighted by molar-refractivity contribution is 6.36. The average Bonchev–Trinajstić information content (AvgIpc) is 2.59. The third-order valence-corrected chi connectivity index (χ3v) is 3.74. The van der Waals surface area contributed by atoms with E-state index < -0.39 is 0 Å². The Morgan fingerprint density at radius 2 is 1.62 bits per heavy atom. The van der Waals surface area contributed by atoms with Gasteiger partial charge in [0.15, 0.2) is 5.75 Å². The zero-order valence-corrected chi connectivity index (χ0v) is 14.0. The molecule has 0 saturated heterocycles. The van der Waals surface area contributed by atoms with Crippen molar-refractivity contribution in [3.63, 3.8) is 0 Å². The van der Waals surface area contributed by atoms with Gasteiger partial charge in [0, 0.05) is 16.8 Å². The lowest BCUT2D eigenvalue weighted by Crippen LogP contribution is -1.86. The maximum Gasteiger partial charge on any atom is 0.153 e. The molecule has 3 aromatic rings. The van der Waals surface area contributed by atoms with Crippen molar-refractivity contribution in [2.24, 2.45) is 4.99 Å². The van der Waals surface area contributed by atoms with Crippen molar-refractivity contribution < 1.29 is 9.84 Å². The third kappa shape index (κ3) is 3.88. The van der Waals surface area contributed by atoms with E-state index in [0.29, 0.717) is 27.8 Å². The summed E-state index contributed by atoms with van der Waals surface area (Å²) in [5.41, 5.74) is 1.05. The minimum Gasteiger partial charge on any atom is -0.506 e. The van der Waals surface area contributed by atoms with Gasteiger partial charge in [-0.1, -0.05) is 53.5 Å². The molecule has 0 unspecified atom stereocenters. The van der Waals surface area contributed by atoms with Crippen LogP contribution in [0.15, 0.2) is 71.7 Å². The molecule has 0 bridgehead atoms. The summed E-state index contributed by atoms with van der Waals surface area (Å²) in [5, 5.41) is 10.6. The van der Waals surface area contributed by atoms with Gasteiger partial charge in [-0.05, 0) is 36.4 Å². The van der Waals surface area contributed by atoms with Gasteiger partial charge in [-0.3, -0.25) is 4.99 Å². The molecule has 120 valence electrons. The topological polar surface area (TPSA) is 41.8 Å². The summed E-state index contributed by atoms with van der Waals surface area (Å²) in [6.07, 6.45) is 1.50. The van der Waals surface area contributed by atoms with Crippen LogP contribution in [0.5, 0.6) is 17.2 Å². The molecule has 0 fully saturated rings. The predicted octanol–water partition coefficient (Wildman–Crippen LogP) is 6.24. The molecule has 5 heteroatoms. The van der Waals surface area contributed by atoms with Crippen molar-refractivity contribution in [2.75, 3.05) is 0 Å². The fraction of sp³-hybridized carbons (Fsp3) is 0. The molecule has 3 aromatic carbocycles. The van der Waals surface area contributed by atoms with Crippen molar-refractivity contribution in [2.45, 2.75) is 0 Å². The molecule has 24 heavy (non-hydrogen) atoms. The third-order valence-electron chi connectivity index (χ3n) is 3.24. The normalized spacial score (nSPS) is 10.9. The lowest BCUT2D eigenvalue weighted by Gasteiger charge is -2.08. The Kier molecular flexibility index (Phi) is 5.04. The van der Waals surface area contributed by atoms with Crippen LogP contribution >= 0.6 is 23.2 Å². The molecule has 3 nitrogen and oxygen atoms in total. The second-order valence-corrected chi connectivity index (χ2v) is 5.81. The molecule has 0 spiro atoms. The first-order valence-electron chi connectivity index (χ1n) is 7.17. The number of benzene rings is 3. The Hall–Kier alpha value is -2.49. The van der Waals surface area contributed by atoms with E-state index in [1.54, 1.807) is 6.07 Å². The smallest absolute Gasteiger partial charge is 0.153 e. The van der Waals surface area contributed by atoms with Gasteiger partial charge < -0.3 is 9.84 Å². The van der Waals surface area contributed by atoms with Crippen LogP contribution in [0.1, 0.15) is 5.56 Å². The molecule has 1 N–H and O–H groups in total. The quantitative estimate of drug-likeness (QED) is 0.561. The molecule has 0 atom stereocenters. The van der Waals surface area contributed by atoms with Crippen LogP contribution < -0.4 is 4.74 Å². The Bertz CT molecular complexity index is 880. The number of aromatic hydroxyl groups is 1.